The summed E-state index contributed by atoms with van der Waals surface area (Å²) in [6.07, 6.45) is 0. The summed E-state index contributed by atoms with van der Waals surface area (Å²) in [4.78, 5) is 16.9. The van der Waals surface area contributed by atoms with Crippen LogP contribution in [0, 0.1) is 0 Å². The van der Waals surface area contributed by atoms with Gasteiger partial charge in [-0.3, -0.25) is 4.90 Å². The molecular formula is C39H26N4O2. The zero-order valence-corrected chi connectivity index (χ0v) is 24.1. The molecule has 1 aliphatic heterocycles. The van der Waals surface area contributed by atoms with Crippen molar-refractivity contribution in [2.75, 3.05) is 4.90 Å². The Morgan fingerprint density at radius 1 is 0.400 bits per heavy atom. The number of anilines is 3. The smallest absolute Gasteiger partial charge is 0.167 e. The maximum absolute atomic E-state index is 6.79. The molecule has 1 aliphatic rings. The summed E-state index contributed by atoms with van der Waals surface area (Å²) in [5.41, 5.74) is 5.31. The Balaban J connectivity index is 1.25. The number of benzene rings is 6. The summed E-state index contributed by atoms with van der Waals surface area (Å²) in [5, 5.41) is 0. The molecule has 0 atom stereocenters. The Kier molecular flexibility index (Phi) is 6.70. The predicted octanol–water partition coefficient (Wildman–Crippen LogP) is 10.2. The molecule has 1 aromatic heterocycles. The molecule has 6 aromatic carbocycles. The molecule has 0 unspecified atom stereocenters. The maximum Gasteiger partial charge on any atom is 0.167 e. The number of aromatic nitrogens is 3. The largest absolute Gasteiger partial charge is 0.454 e. The minimum absolute atomic E-state index is 0.526. The summed E-state index contributed by atoms with van der Waals surface area (Å²) in [6, 6.07) is 51.8. The average Bonchev–Trinajstić information content (AvgIpc) is 3.12. The molecule has 6 heteroatoms. The Labute approximate surface area is 260 Å². The van der Waals surface area contributed by atoms with Gasteiger partial charge in [-0.25, -0.2) is 15.0 Å². The van der Waals surface area contributed by atoms with E-state index in [0.29, 0.717) is 29.0 Å². The van der Waals surface area contributed by atoms with Crippen LogP contribution in [0.15, 0.2) is 158 Å². The van der Waals surface area contributed by atoms with Crippen molar-refractivity contribution in [3.8, 4) is 57.2 Å². The number of hydrogen-bond acceptors (Lipinski definition) is 6. The molecule has 0 aliphatic carbocycles. The second kappa shape index (κ2) is 11.4. The van der Waals surface area contributed by atoms with Gasteiger partial charge in [-0.05, 0) is 48.5 Å². The van der Waals surface area contributed by atoms with Gasteiger partial charge in [0.2, 0.25) is 0 Å². The van der Waals surface area contributed by atoms with Crippen molar-refractivity contribution in [1.29, 1.82) is 0 Å². The molecule has 2 heterocycles. The highest BCUT2D eigenvalue weighted by Gasteiger charge is 2.27. The molecule has 0 saturated heterocycles. The Bertz CT molecular complexity index is 2030. The molecule has 45 heavy (non-hydrogen) atoms. The molecule has 0 fully saturated rings. The molecule has 6 nitrogen and oxygen atoms in total. The third-order valence-corrected chi connectivity index (χ3v) is 7.59. The minimum Gasteiger partial charge on any atom is -0.454 e. The lowest BCUT2D eigenvalue weighted by atomic mass is 10.1. The second-order valence-corrected chi connectivity index (χ2v) is 10.5. The lowest BCUT2D eigenvalue weighted by molar-refractivity contribution is 0.472. The van der Waals surface area contributed by atoms with Crippen molar-refractivity contribution < 1.29 is 9.47 Å². The fourth-order valence-electron chi connectivity index (χ4n) is 5.48. The van der Waals surface area contributed by atoms with Crippen LogP contribution in [0.25, 0.3) is 34.2 Å². The fraction of sp³-hybridized carbons (Fsp3) is 0. The molecule has 7 aromatic rings. The maximum atomic E-state index is 6.79. The summed E-state index contributed by atoms with van der Waals surface area (Å²) in [6.45, 7) is 0. The quantitative estimate of drug-likeness (QED) is 0.194. The zero-order chi connectivity index (χ0) is 30.0. The standard InChI is InChI=1S/C39H26N4O2/c1-3-15-27(16-4-1)37-40-38(28-17-5-2-6-18-28)42-39(41-37)29-19-7-11-23-33(29)44-34-24-12-8-20-30(34)43-31-21-9-13-25-35(31)45-36-26-14-10-22-32(36)43/h1-26H. The number of hydrogen-bond donors (Lipinski definition) is 0. The van der Waals surface area contributed by atoms with Crippen LogP contribution in [-0.2, 0) is 0 Å². The van der Waals surface area contributed by atoms with Crippen LogP contribution < -0.4 is 14.4 Å². The number of nitrogens with zero attached hydrogens (tertiary/aromatic N) is 4. The van der Waals surface area contributed by atoms with E-state index >= 15 is 0 Å². The van der Waals surface area contributed by atoms with Gasteiger partial charge < -0.3 is 9.47 Å². The normalized spacial score (nSPS) is 11.7. The lowest BCUT2D eigenvalue weighted by Crippen LogP contribution is -2.16. The van der Waals surface area contributed by atoms with Crippen LogP contribution in [0.3, 0.4) is 0 Å². The van der Waals surface area contributed by atoms with Crippen molar-refractivity contribution in [2.24, 2.45) is 0 Å². The van der Waals surface area contributed by atoms with Gasteiger partial charge in [0.15, 0.2) is 34.7 Å². The molecule has 8 rings (SSSR count). The summed E-state index contributed by atoms with van der Waals surface area (Å²) < 4.78 is 13.0. The van der Waals surface area contributed by atoms with Crippen LogP contribution in [-0.4, -0.2) is 15.0 Å². The third kappa shape index (κ3) is 5.04. The van der Waals surface area contributed by atoms with Crippen LogP contribution in [0.4, 0.5) is 17.1 Å². The van der Waals surface area contributed by atoms with E-state index in [0.717, 1.165) is 45.3 Å². The van der Waals surface area contributed by atoms with Gasteiger partial charge in [0, 0.05) is 11.1 Å². The highest BCUT2D eigenvalue weighted by atomic mass is 16.5. The monoisotopic (exact) mass is 582 g/mol. The van der Waals surface area contributed by atoms with E-state index in [2.05, 4.69) is 23.1 Å². The van der Waals surface area contributed by atoms with Crippen molar-refractivity contribution in [3.05, 3.63) is 158 Å². The summed E-state index contributed by atoms with van der Waals surface area (Å²) in [7, 11) is 0. The van der Waals surface area contributed by atoms with Crippen LogP contribution >= 0.6 is 0 Å². The first kappa shape index (κ1) is 26.4. The lowest BCUT2D eigenvalue weighted by Gasteiger charge is -2.33. The zero-order valence-electron chi connectivity index (χ0n) is 24.1. The average molecular weight is 583 g/mol. The van der Waals surface area contributed by atoms with Crippen LogP contribution in [0.2, 0.25) is 0 Å². The first-order valence-electron chi connectivity index (χ1n) is 14.7. The van der Waals surface area contributed by atoms with Crippen molar-refractivity contribution in [1.82, 2.24) is 15.0 Å². The summed E-state index contributed by atoms with van der Waals surface area (Å²) >= 11 is 0. The third-order valence-electron chi connectivity index (χ3n) is 7.59. The van der Waals surface area contributed by atoms with Crippen LogP contribution in [0.1, 0.15) is 0 Å². The molecule has 0 saturated carbocycles. The highest BCUT2D eigenvalue weighted by molar-refractivity contribution is 5.88. The Hall–Kier alpha value is -6.27. The highest BCUT2D eigenvalue weighted by Crippen LogP contribution is 2.52. The Morgan fingerprint density at radius 3 is 1.44 bits per heavy atom. The van der Waals surface area contributed by atoms with Crippen molar-refractivity contribution in [3.63, 3.8) is 0 Å². The van der Waals surface area contributed by atoms with Gasteiger partial charge >= 0.3 is 0 Å². The Morgan fingerprint density at radius 2 is 0.844 bits per heavy atom. The number of ether oxygens (including phenoxy) is 2. The van der Waals surface area contributed by atoms with Gasteiger partial charge in [0.05, 0.1) is 22.6 Å². The fourth-order valence-corrected chi connectivity index (χ4v) is 5.48. The van der Waals surface area contributed by atoms with Gasteiger partial charge in [0.25, 0.3) is 0 Å². The first-order chi connectivity index (χ1) is 22.3. The number of fused-ring (bicyclic) bond motifs is 2. The van der Waals surface area contributed by atoms with E-state index in [1.54, 1.807) is 0 Å². The number of rotatable bonds is 6. The molecule has 0 N–H and O–H groups in total. The topological polar surface area (TPSA) is 60.4 Å². The van der Waals surface area contributed by atoms with Crippen LogP contribution in [0.5, 0.6) is 23.0 Å². The first-order valence-corrected chi connectivity index (χ1v) is 14.7. The second-order valence-electron chi connectivity index (χ2n) is 10.5. The molecule has 0 radical (unpaired) electrons. The number of para-hydroxylation sites is 7. The molecule has 0 spiro atoms. The van der Waals surface area contributed by atoms with Gasteiger partial charge in [-0.1, -0.05) is 109 Å². The molecule has 0 bridgehead atoms. The van der Waals surface area contributed by atoms with Crippen molar-refractivity contribution in [2.45, 2.75) is 0 Å². The predicted molar refractivity (Wildman–Crippen MR) is 177 cm³/mol. The molecule has 0 amide bonds. The van der Waals surface area contributed by atoms with E-state index in [-0.39, 0.29) is 0 Å². The summed E-state index contributed by atoms with van der Waals surface area (Å²) in [5.74, 6) is 4.57. The van der Waals surface area contributed by atoms with E-state index in [9.17, 15) is 0 Å². The van der Waals surface area contributed by atoms with E-state index in [1.807, 2.05) is 140 Å². The molecule has 214 valence electrons. The van der Waals surface area contributed by atoms with E-state index < -0.39 is 0 Å². The van der Waals surface area contributed by atoms with E-state index in [4.69, 9.17) is 24.4 Å². The SMILES string of the molecule is c1ccc(-c2nc(-c3ccccc3)nc(-c3ccccc3Oc3ccccc3N3c4ccccc4Oc4ccccc43)n2)cc1. The minimum atomic E-state index is 0.526. The van der Waals surface area contributed by atoms with Gasteiger partial charge in [-0.2, -0.15) is 0 Å². The van der Waals surface area contributed by atoms with Crippen molar-refractivity contribution >= 4 is 17.1 Å². The molecular weight excluding hydrogens is 556 g/mol. The van der Waals surface area contributed by atoms with Gasteiger partial charge in [-0.15, -0.1) is 0 Å². The van der Waals surface area contributed by atoms with Gasteiger partial charge in [0.1, 0.15) is 5.75 Å². The van der Waals surface area contributed by atoms with E-state index in [1.165, 1.54) is 0 Å².